The largest absolute Gasteiger partial charge is 0.298 e. The number of nitrogens with zero attached hydrogens (tertiary/aromatic N) is 2. The van der Waals surface area contributed by atoms with Gasteiger partial charge in [-0.1, -0.05) is 33.1 Å². The molecule has 3 aliphatic rings. The Morgan fingerprint density at radius 2 is 1.95 bits per heavy atom. The van der Waals surface area contributed by atoms with Gasteiger partial charge in [0.1, 0.15) is 0 Å². The molecule has 0 N–H and O–H groups in total. The SMILES string of the molecule is CCC1CN2CCCC2CN1CCC1CCCC(C)C1. The lowest BCUT2D eigenvalue weighted by Crippen LogP contribution is -2.56. The van der Waals surface area contributed by atoms with E-state index in [0.29, 0.717) is 0 Å². The molecular weight excluding hydrogens is 244 g/mol. The van der Waals surface area contributed by atoms with Gasteiger partial charge in [-0.3, -0.25) is 9.80 Å². The van der Waals surface area contributed by atoms with E-state index in [1.165, 1.54) is 77.5 Å². The molecule has 20 heavy (non-hydrogen) atoms. The lowest BCUT2D eigenvalue weighted by Gasteiger charge is -2.44. The molecule has 0 aromatic heterocycles. The normalized spacial score (nSPS) is 39.9. The second-order valence-corrected chi connectivity index (χ2v) is 7.77. The van der Waals surface area contributed by atoms with Crippen LogP contribution in [0.5, 0.6) is 0 Å². The fraction of sp³-hybridized carbons (Fsp3) is 1.00. The lowest BCUT2D eigenvalue weighted by molar-refractivity contribution is 0.0431. The first-order valence-electron chi connectivity index (χ1n) is 9.24. The summed E-state index contributed by atoms with van der Waals surface area (Å²) in [6, 6.07) is 1.73. The third-order valence-electron chi connectivity index (χ3n) is 6.25. The third-order valence-corrected chi connectivity index (χ3v) is 6.25. The highest BCUT2D eigenvalue weighted by atomic mass is 15.3. The molecule has 2 nitrogen and oxygen atoms in total. The van der Waals surface area contributed by atoms with Gasteiger partial charge in [0.15, 0.2) is 0 Å². The summed E-state index contributed by atoms with van der Waals surface area (Å²) in [6.45, 7) is 10.3. The van der Waals surface area contributed by atoms with Crippen LogP contribution in [0.1, 0.15) is 65.2 Å². The fourth-order valence-electron chi connectivity index (χ4n) is 4.98. The van der Waals surface area contributed by atoms with Crippen molar-refractivity contribution in [3.63, 3.8) is 0 Å². The van der Waals surface area contributed by atoms with Crippen molar-refractivity contribution < 1.29 is 0 Å². The van der Waals surface area contributed by atoms with E-state index in [1.807, 2.05) is 0 Å². The van der Waals surface area contributed by atoms with Gasteiger partial charge in [0.05, 0.1) is 0 Å². The molecule has 4 unspecified atom stereocenters. The number of hydrogen-bond acceptors (Lipinski definition) is 2. The zero-order valence-electron chi connectivity index (χ0n) is 13.7. The molecule has 3 rings (SSSR count). The standard InChI is InChI=1S/C18H34N2/c1-3-17-13-19-10-5-8-18(19)14-20(17)11-9-16-7-4-6-15(2)12-16/h15-18H,3-14H2,1-2H3. The number of piperazine rings is 1. The monoisotopic (exact) mass is 278 g/mol. The summed E-state index contributed by atoms with van der Waals surface area (Å²) in [4.78, 5) is 5.62. The highest BCUT2D eigenvalue weighted by Crippen LogP contribution is 2.32. The molecule has 0 aromatic carbocycles. The Kier molecular flexibility index (Phi) is 5.04. The highest BCUT2D eigenvalue weighted by Gasteiger charge is 2.35. The average Bonchev–Trinajstić information content (AvgIpc) is 2.91. The minimum Gasteiger partial charge on any atom is -0.298 e. The van der Waals surface area contributed by atoms with Crippen LogP contribution in [-0.4, -0.2) is 48.1 Å². The van der Waals surface area contributed by atoms with Gasteiger partial charge in [-0.25, -0.2) is 0 Å². The van der Waals surface area contributed by atoms with E-state index in [2.05, 4.69) is 23.6 Å². The molecule has 0 aromatic rings. The minimum absolute atomic E-state index is 0.838. The zero-order valence-corrected chi connectivity index (χ0v) is 13.7. The van der Waals surface area contributed by atoms with Crippen LogP contribution in [0.3, 0.4) is 0 Å². The molecule has 0 bridgehead atoms. The van der Waals surface area contributed by atoms with Gasteiger partial charge in [-0.2, -0.15) is 0 Å². The van der Waals surface area contributed by atoms with E-state index in [4.69, 9.17) is 0 Å². The Bertz CT molecular complexity index is 304. The van der Waals surface area contributed by atoms with Crippen LogP contribution in [0, 0.1) is 11.8 Å². The van der Waals surface area contributed by atoms with Crippen LogP contribution >= 0.6 is 0 Å². The summed E-state index contributed by atoms with van der Waals surface area (Å²) in [7, 11) is 0. The van der Waals surface area contributed by atoms with Crippen LogP contribution in [-0.2, 0) is 0 Å². The van der Waals surface area contributed by atoms with Crippen LogP contribution in [0.25, 0.3) is 0 Å². The van der Waals surface area contributed by atoms with Crippen LogP contribution in [0.15, 0.2) is 0 Å². The molecule has 2 aliphatic heterocycles. The molecule has 0 spiro atoms. The molecule has 116 valence electrons. The first-order chi connectivity index (χ1) is 9.76. The lowest BCUT2D eigenvalue weighted by atomic mass is 9.80. The third kappa shape index (κ3) is 3.39. The summed E-state index contributed by atoms with van der Waals surface area (Å²) in [5, 5.41) is 0. The molecule has 2 heterocycles. The molecule has 0 amide bonds. The second-order valence-electron chi connectivity index (χ2n) is 7.77. The predicted molar refractivity (Wildman–Crippen MR) is 86.0 cm³/mol. The van der Waals surface area contributed by atoms with Gasteiger partial charge in [-0.15, -0.1) is 0 Å². The van der Waals surface area contributed by atoms with E-state index >= 15 is 0 Å². The quantitative estimate of drug-likeness (QED) is 0.772. The molecule has 3 fully saturated rings. The first kappa shape index (κ1) is 14.8. The van der Waals surface area contributed by atoms with Crippen LogP contribution < -0.4 is 0 Å². The van der Waals surface area contributed by atoms with Crippen LogP contribution in [0.2, 0.25) is 0 Å². The Morgan fingerprint density at radius 3 is 2.75 bits per heavy atom. The van der Waals surface area contributed by atoms with Gasteiger partial charge in [0, 0.05) is 25.2 Å². The Balaban J connectivity index is 1.50. The number of fused-ring (bicyclic) bond motifs is 1. The summed E-state index contributed by atoms with van der Waals surface area (Å²) >= 11 is 0. The predicted octanol–water partition coefficient (Wildman–Crippen LogP) is 3.76. The fourth-order valence-corrected chi connectivity index (χ4v) is 4.98. The summed E-state index contributed by atoms with van der Waals surface area (Å²) in [5.41, 5.74) is 0. The van der Waals surface area contributed by atoms with Crippen molar-refractivity contribution >= 4 is 0 Å². The van der Waals surface area contributed by atoms with E-state index in [9.17, 15) is 0 Å². The number of hydrogen-bond donors (Lipinski definition) is 0. The van der Waals surface area contributed by atoms with Crippen LogP contribution in [0.4, 0.5) is 0 Å². The van der Waals surface area contributed by atoms with Crippen molar-refractivity contribution in [2.75, 3.05) is 26.2 Å². The van der Waals surface area contributed by atoms with Crippen molar-refractivity contribution in [3.8, 4) is 0 Å². The summed E-state index contributed by atoms with van der Waals surface area (Å²) in [5.74, 6) is 2.01. The van der Waals surface area contributed by atoms with Gasteiger partial charge >= 0.3 is 0 Å². The van der Waals surface area contributed by atoms with Gasteiger partial charge < -0.3 is 0 Å². The molecule has 0 radical (unpaired) electrons. The van der Waals surface area contributed by atoms with Gasteiger partial charge in [-0.05, 0) is 57.0 Å². The minimum atomic E-state index is 0.838. The van der Waals surface area contributed by atoms with E-state index in [-0.39, 0.29) is 0 Å². The topological polar surface area (TPSA) is 6.48 Å². The maximum atomic E-state index is 2.85. The summed E-state index contributed by atoms with van der Waals surface area (Å²) < 4.78 is 0. The second kappa shape index (κ2) is 6.79. The number of rotatable bonds is 4. The highest BCUT2D eigenvalue weighted by molar-refractivity contribution is 4.92. The maximum Gasteiger partial charge on any atom is 0.0224 e. The average molecular weight is 278 g/mol. The maximum absolute atomic E-state index is 2.85. The molecule has 4 atom stereocenters. The molecule has 2 heteroatoms. The molecular formula is C18H34N2. The van der Waals surface area contributed by atoms with Crippen molar-refractivity contribution in [2.24, 2.45) is 11.8 Å². The molecule has 1 aliphatic carbocycles. The van der Waals surface area contributed by atoms with Crippen molar-refractivity contribution in [3.05, 3.63) is 0 Å². The van der Waals surface area contributed by atoms with Gasteiger partial charge in [0.2, 0.25) is 0 Å². The van der Waals surface area contributed by atoms with Crippen molar-refractivity contribution in [1.29, 1.82) is 0 Å². The van der Waals surface area contributed by atoms with E-state index < -0.39 is 0 Å². The smallest absolute Gasteiger partial charge is 0.0224 e. The molecule has 2 saturated heterocycles. The van der Waals surface area contributed by atoms with Crippen molar-refractivity contribution in [2.45, 2.75) is 77.3 Å². The van der Waals surface area contributed by atoms with E-state index in [0.717, 1.165) is 23.9 Å². The van der Waals surface area contributed by atoms with Crippen molar-refractivity contribution in [1.82, 2.24) is 9.80 Å². The summed E-state index contributed by atoms with van der Waals surface area (Å²) in [6.07, 6.45) is 11.7. The van der Waals surface area contributed by atoms with E-state index in [1.54, 1.807) is 0 Å². The Hall–Kier alpha value is -0.0800. The zero-order chi connectivity index (χ0) is 13.9. The molecule has 1 saturated carbocycles. The Labute approximate surface area is 125 Å². The Morgan fingerprint density at radius 1 is 1.05 bits per heavy atom. The first-order valence-corrected chi connectivity index (χ1v) is 9.24. The van der Waals surface area contributed by atoms with Gasteiger partial charge in [0.25, 0.3) is 0 Å².